The second kappa shape index (κ2) is 6.58. The Hall–Kier alpha value is -1.53. The highest BCUT2D eigenvalue weighted by Crippen LogP contribution is 2.12. The average molecular weight is 264 g/mol. The van der Waals surface area contributed by atoms with Crippen molar-refractivity contribution in [3.63, 3.8) is 0 Å². The fourth-order valence-electron chi connectivity index (χ4n) is 2.25. The summed E-state index contributed by atoms with van der Waals surface area (Å²) in [5, 5.41) is 0. The number of amides is 1. The van der Waals surface area contributed by atoms with Crippen molar-refractivity contribution in [1.29, 1.82) is 0 Å². The predicted molar refractivity (Wildman–Crippen MR) is 70.7 cm³/mol. The Labute approximate surface area is 113 Å². The zero-order valence-corrected chi connectivity index (χ0v) is 11.2. The molecule has 0 aromatic carbocycles. The summed E-state index contributed by atoms with van der Waals surface area (Å²) >= 11 is 0. The number of aromatic nitrogens is 2. The fraction of sp³-hybridized carbons (Fsp3) is 0.615. The van der Waals surface area contributed by atoms with Gasteiger partial charge < -0.3 is 15.4 Å². The van der Waals surface area contributed by atoms with Crippen molar-refractivity contribution in [2.45, 2.75) is 13.3 Å². The van der Waals surface area contributed by atoms with Crippen LogP contribution >= 0.6 is 0 Å². The summed E-state index contributed by atoms with van der Waals surface area (Å²) in [4.78, 5) is 21.6. The first-order chi connectivity index (χ1) is 9.19. The van der Waals surface area contributed by atoms with Crippen LogP contribution in [0.1, 0.15) is 23.1 Å². The zero-order chi connectivity index (χ0) is 13.7. The Morgan fingerprint density at radius 1 is 1.53 bits per heavy atom. The van der Waals surface area contributed by atoms with Gasteiger partial charge in [0.25, 0.3) is 5.91 Å². The Bertz CT molecular complexity index is 421. The van der Waals surface area contributed by atoms with E-state index < -0.39 is 5.91 Å². The second-order valence-electron chi connectivity index (χ2n) is 4.80. The van der Waals surface area contributed by atoms with Crippen molar-refractivity contribution in [3.8, 4) is 0 Å². The number of rotatable bonds is 4. The highest BCUT2D eigenvalue weighted by atomic mass is 16.5. The maximum Gasteiger partial charge on any atom is 0.268 e. The average Bonchev–Trinajstić information content (AvgIpc) is 2.64. The molecule has 1 aromatic rings. The topological polar surface area (TPSA) is 81.3 Å². The molecule has 0 unspecified atom stereocenters. The third kappa shape index (κ3) is 3.97. The van der Waals surface area contributed by atoms with Gasteiger partial charge >= 0.3 is 0 Å². The van der Waals surface area contributed by atoms with Gasteiger partial charge in [0.1, 0.15) is 5.69 Å². The van der Waals surface area contributed by atoms with Crippen LogP contribution in [0.2, 0.25) is 0 Å². The first-order valence-electron chi connectivity index (χ1n) is 6.60. The molecule has 1 fully saturated rings. The highest BCUT2D eigenvalue weighted by molar-refractivity contribution is 5.90. The van der Waals surface area contributed by atoms with Gasteiger partial charge in [-0.2, -0.15) is 0 Å². The number of primary amides is 1. The number of likely N-dealkylation sites (N-methyl/N-ethyl adjacent to an activating group) is 1. The van der Waals surface area contributed by atoms with E-state index in [-0.39, 0.29) is 5.69 Å². The van der Waals surface area contributed by atoms with E-state index in [1.807, 2.05) is 0 Å². The lowest BCUT2D eigenvalue weighted by Gasteiger charge is -2.21. The Morgan fingerprint density at radius 3 is 3.00 bits per heavy atom. The quantitative estimate of drug-likeness (QED) is 0.833. The molecule has 104 valence electrons. The van der Waals surface area contributed by atoms with Gasteiger partial charge in [0.15, 0.2) is 0 Å². The van der Waals surface area contributed by atoms with Gasteiger partial charge in [0, 0.05) is 25.2 Å². The molecule has 1 atom stereocenters. The molecule has 1 aliphatic rings. The Morgan fingerprint density at radius 2 is 2.37 bits per heavy atom. The monoisotopic (exact) mass is 264 g/mol. The van der Waals surface area contributed by atoms with Gasteiger partial charge in [-0.05, 0) is 13.0 Å². The van der Waals surface area contributed by atoms with Crippen molar-refractivity contribution in [2.24, 2.45) is 11.7 Å². The van der Waals surface area contributed by atoms with Gasteiger partial charge in [-0.1, -0.05) is 6.92 Å². The lowest BCUT2D eigenvalue weighted by Crippen LogP contribution is -2.30. The minimum absolute atomic E-state index is 0.205. The van der Waals surface area contributed by atoms with Crippen LogP contribution in [0.15, 0.2) is 12.4 Å². The number of hydrogen-bond donors (Lipinski definition) is 1. The fourth-order valence-corrected chi connectivity index (χ4v) is 2.25. The van der Waals surface area contributed by atoms with Crippen LogP contribution in [0.3, 0.4) is 0 Å². The van der Waals surface area contributed by atoms with E-state index in [2.05, 4.69) is 21.8 Å². The molecule has 6 nitrogen and oxygen atoms in total. The number of ether oxygens (including phenoxy) is 1. The van der Waals surface area contributed by atoms with Gasteiger partial charge in [0.2, 0.25) is 0 Å². The molecule has 2 N–H and O–H groups in total. The van der Waals surface area contributed by atoms with Crippen LogP contribution in [0.5, 0.6) is 0 Å². The number of hydrogen-bond acceptors (Lipinski definition) is 5. The van der Waals surface area contributed by atoms with E-state index in [1.165, 1.54) is 6.20 Å². The van der Waals surface area contributed by atoms with E-state index in [0.717, 1.165) is 45.0 Å². The van der Waals surface area contributed by atoms with E-state index in [0.29, 0.717) is 5.92 Å². The summed E-state index contributed by atoms with van der Waals surface area (Å²) in [6.45, 7) is 6.72. The van der Waals surface area contributed by atoms with Gasteiger partial charge in [0.05, 0.1) is 25.1 Å². The molecule has 2 rings (SSSR count). The molecule has 0 radical (unpaired) electrons. The Balaban J connectivity index is 1.97. The van der Waals surface area contributed by atoms with E-state index in [4.69, 9.17) is 10.5 Å². The van der Waals surface area contributed by atoms with Gasteiger partial charge in [-0.15, -0.1) is 0 Å². The van der Waals surface area contributed by atoms with Crippen molar-refractivity contribution in [3.05, 3.63) is 23.8 Å². The summed E-state index contributed by atoms with van der Waals surface area (Å²) in [7, 11) is 0. The summed E-state index contributed by atoms with van der Waals surface area (Å²) < 4.78 is 5.61. The molecular weight excluding hydrogens is 244 g/mol. The van der Waals surface area contributed by atoms with Crippen molar-refractivity contribution >= 4 is 5.91 Å². The van der Waals surface area contributed by atoms with E-state index in [9.17, 15) is 4.79 Å². The van der Waals surface area contributed by atoms with Gasteiger partial charge in [-0.3, -0.25) is 9.78 Å². The molecule has 1 aromatic heterocycles. The van der Waals surface area contributed by atoms with Crippen molar-refractivity contribution < 1.29 is 9.53 Å². The molecule has 19 heavy (non-hydrogen) atoms. The number of nitrogens with two attached hydrogens (primary N) is 1. The maximum atomic E-state index is 10.9. The standard InChI is InChI=1S/C13H20N4O2/c1-2-17-3-4-19-9-10(8-17)5-11-6-16-12(7-15-11)13(14)18/h6-7,10H,2-5,8-9H2,1H3,(H2,14,18)/t10-/m0/s1. The molecule has 2 heterocycles. The molecule has 1 amide bonds. The molecule has 1 saturated heterocycles. The third-order valence-corrected chi connectivity index (χ3v) is 3.32. The molecule has 0 spiro atoms. The highest BCUT2D eigenvalue weighted by Gasteiger charge is 2.18. The van der Waals surface area contributed by atoms with Crippen LogP contribution in [0.4, 0.5) is 0 Å². The molecule has 0 aliphatic carbocycles. The van der Waals surface area contributed by atoms with Gasteiger partial charge in [-0.25, -0.2) is 4.98 Å². The largest absolute Gasteiger partial charge is 0.380 e. The minimum atomic E-state index is -0.547. The molecule has 1 aliphatic heterocycles. The van der Waals surface area contributed by atoms with Crippen molar-refractivity contribution in [2.75, 3.05) is 32.8 Å². The predicted octanol–water partition coefficient (Wildman–Crippen LogP) is 0.0863. The minimum Gasteiger partial charge on any atom is -0.380 e. The van der Waals surface area contributed by atoms with Crippen LogP contribution in [-0.4, -0.2) is 53.6 Å². The summed E-state index contributed by atoms with van der Waals surface area (Å²) in [6, 6.07) is 0. The molecule has 0 saturated carbocycles. The summed E-state index contributed by atoms with van der Waals surface area (Å²) in [6.07, 6.45) is 3.87. The molecular formula is C13H20N4O2. The second-order valence-corrected chi connectivity index (χ2v) is 4.80. The molecule has 6 heteroatoms. The number of nitrogens with zero attached hydrogens (tertiary/aromatic N) is 3. The third-order valence-electron chi connectivity index (χ3n) is 3.32. The normalized spacial score (nSPS) is 21.0. The zero-order valence-electron chi connectivity index (χ0n) is 11.2. The number of carbonyl (C=O) groups excluding carboxylic acids is 1. The lowest BCUT2D eigenvalue weighted by atomic mass is 10.0. The number of carbonyl (C=O) groups is 1. The summed E-state index contributed by atoms with van der Waals surface area (Å²) in [5.74, 6) is -0.134. The van der Waals surface area contributed by atoms with E-state index in [1.54, 1.807) is 6.20 Å². The lowest BCUT2D eigenvalue weighted by molar-refractivity contribution is 0.0995. The smallest absolute Gasteiger partial charge is 0.268 e. The first-order valence-corrected chi connectivity index (χ1v) is 6.60. The molecule has 0 bridgehead atoms. The van der Waals surface area contributed by atoms with Crippen LogP contribution in [0.25, 0.3) is 0 Å². The Kier molecular flexibility index (Phi) is 4.81. The first kappa shape index (κ1) is 13.9. The van der Waals surface area contributed by atoms with Crippen LogP contribution in [0, 0.1) is 5.92 Å². The van der Waals surface area contributed by atoms with Crippen LogP contribution in [-0.2, 0) is 11.2 Å². The summed E-state index contributed by atoms with van der Waals surface area (Å²) in [5.41, 5.74) is 6.21. The maximum absolute atomic E-state index is 10.9. The van der Waals surface area contributed by atoms with Crippen molar-refractivity contribution in [1.82, 2.24) is 14.9 Å². The van der Waals surface area contributed by atoms with Crippen LogP contribution < -0.4 is 5.73 Å². The SMILES string of the molecule is CCN1CCOC[C@@H](Cc2cnc(C(N)=O)cn2)C1. The van der Waals surface area contributed by atoms with E-state index >= 15 is 0 Å².